The molecule has 0 saturated carbocycles. The summed E-state index contributed by atoms with van der Waals surface area (Å²) >= 11 is 0. The Labute approximate surface area is 193 Å². The fourth-order valence-electron chi connectivity index (χ4n) is 4.57. The van der Waals surface area contributed by atoms with Gasteiger partial charge in [0.1, 0.15) is 0 Å². The van der Waals surface area contributed by atoms with Gasteiger partial charge in [-0.3, -0.25) is 0 Å². The van der Waals surface area contributed by atoms with E-state index < -0.39 is 0 Å². The summed E-state index contributed by atoms with van der Waals surface area (Å²) in [6, 6.07) is 0. The van der Waals surface area contributed by atoms with Crippen LogP contribution in [-0.4, -0.2) is 24.5 Å². The lowest BCUT2D eigenvalue weighted by Crippen LogP contribution is -2.27. The summed E-state index contributed by atoms with van der Waals surface area (Å²) in [5.74, 6) is 0. The third-order valence-electron chi connectivity index (χ3n) is 6.73. The highest BCUT2D eigenvalue weighted by Crippen LogP contribution is 2.13. The van der Waals surface area contributed by atoms with Gasteiger partial charge in [-0.15, -0.1) is 0 Å². The molecule has 30 heavy (non-hydrogen) atoms. The molecular formula is C29H61N. The first kappa shape index (κ1) is 30.0. The molecule has 0 atom stereocenters. The van der Waals surface area contributed by atoms with Crippen molar-refractivity contribution in [2.75, 3.05) is 19.6 Å². The average Bonchev–Trinajstić information content (AvgIpc) is 2.76. The van der Waals surface area contributed by atoms with Gasteiger partial charge < -0.3 is 4.90 Å². The van der Waals surface area contributed by atoms with Crippen LogP contribution in [0.3, 0.4) is 0 Å². The van der Waals surface area contributed by atoms with Crippen molar-refractivity contribution in [3.05, 3.63) is 0 Å². The Morgan fingerprint density at radius 1 is 0.267 bits per heavy atom. The third-order valence-corrected chi connectivity index (χ3v) is 6.73. The first-order valence-corrected chi connectivity index (χ1v) is 14.6. The van der Waals surface area contributed by atoms with Crippen molar-refractivity contribution in [2.45, 2.75) is 168 Å². The zero-order valence-electron chi connectivity index (χ0n) is 21.8. The van der Waals surface area contributed by atoms with E-state index in [0.29, 0.717) is 0 Å². The van der Waals surface area contributed by atoms with E-state index in [9.17, 15) is 0 Å². The highest BCUT2D eigenvalue weighted by molar-refractivity contribution is 4.60. The van der Waals surface area contributed by atoms with Gasteiger partial charge in [0.05, 0.1) is 0 Å². The molecule has 0 unspecified atom stereocenters. The first-order chi connectivity index (χ1) is 14.8. The van der Waals surface area contributed by atoms with Crippen LogP contribution in [0, 0.1) is 0 Å². The van der Waals surface area contributed by atoms with Crippen molar-refractivity contribution >= 4 is 0 Å². The van der Waals surface area contributed by atoms with Gasteiger partial charge in [0, 0.05) is 0 Å². The minimum Gasteiger partial charge on any atom is -0.303 e. The quantitative estimate of drug-likeness (QED) is 0.125. The molecule has 182 valence electrons. The highest BCUT2D eigenvalue weighted by atomic mass is 15.1. The van der Waals surface area contributed by atoms with Crippen LogP contribution in [0.25, 0.3) is 0 Å². The summed E-state index contributed by atoms with van der Waals surface area (Å²) in [7, 11) is 0. The lowest BCUT2D eigenvalue weighted by Gasteiger charge is -2.22. The number of nitrogens with zero attached hydrogens (tertiary/aromatic N) is 1. The molecule has 0 fully saturated rings. The molecule has 1 nitrogen and oxygen atoms in total. The maximum atomic E-state index is 2.80. The van der Waals surface area contributed by atoms with Gasteiger partial charge in [0.2, 0.25) is 0 Å². The first-order valence-electron chi connectivity index (χ1n) is 14.6. The van der Waals surface area contributed by atoms with Gasteiger partial charge in [0.15, 0.2) is 0 Å². The van der Waals surface area contributed by atoms with E-state index in [2.05, 4.69) is 25.7 Å². The summed E-state index contributed by atoms with van der Waals surface area (Å²) in [5, 5.41) is 0. The summed E-state index contributed by atoms with van der Waals surface area (Å²) in [5.41, 5.74) is 0. The summed E-state index contributed by atoms with van der Waals surface area (Å²) in [6.45, 7) is 11.0. The molecule has 0 heterocycles. The van der Waals surface area contributed by atoms with E-state index in [4.69, 9.17) is 0 Å². The fourth-order valence-corrected chi connectivity index (χ4v) is 4.57. The largest absolute Gasteiger partial charge is 0.303 e. The zero-order chi connectivity index (χ0) is 22.0. The van der Waals surface area contributed by atoms with Gasteiger partial charge in [-0.25, -0.2) is 0 Å². The van der Waals surface area contributed by atoms with E-state index in [-0.39, 0.29) is 0 Å². The van der Waals surface area contributed by atoms with Crippen LogP contribution < -0.4 is 0 Å². The molecule has 0 spiro atoms. The fraction of sp³-hybridized carbons (Fsp3) is 1.00. The minimum absolute atomic E-state index is 1.35. The molecule has 0 aliphatic rings. The molecule has 0 aliphatic heterocycles. The molecule has 0 amide bonds. The minimum atomic E-state index is 1.35. The van der Waals surface area contributed by atoms with Gasteiger partial charge in [-0.2, -0.15) is 0 Å². The zero-order valence-corrected chi connectivity index (χ0v) is 21.8. The Balaban J connectivity index is 3.61. The molecule has 0 aromatic rings. The number of rotatable bonds is 26. The van der Waals surface area contributed by atoms with Crippen LogP contribution >= 0.6 is 0 Å². The number of unbranched alkanes of at least 4 members (excludes halogenated alkanes) is 20. The van der Waals surface area contributed by atoms with E-state index in [1.165, 1.54) is 167 Å². The topological polar surface area (TPSA) is 3.24 Å². The lowest BCUT2D eigenvalue weighted by molar-refractivity contribution is 0.255. The molecule has 0 radical (unpaired) electrons. The molecule has 0 saturated heterocycles. The van der Waals surface area contributed by atoms with E-state index in [0.717, 1.165) is 0 Å². The Hall–Kier alpha value is -0.0400. The number of hydrogen-bond acceptors (Lipinski definition) is 1. The predicted octanol–water partition coefficient (Wildman–Crippen LogP) is 10.3. The van der Waals surface area contributed by atoms with Crippen molar-refractivity contribution in [1.82, 2.24) is 4.90 Å². The molecule has 0 N–H and O–H groups in total. The van der Waals surface area contributed by atoms with Crippen LogP contribution in [-0.2, 0) is 0 Å². The normalized spacial score (nSPS) is 11.6. The molecule has 0 bridgehead atoms. The van der Waals surface area contributed by atoms with Crippen molar-refractivity contribution in [1.29, 1.82) is 0 Å². The van der Waals surface area contributed by atoms with Gasteiger partial charge in [-0.1, -0.05) is 149 Å². The van der Waals surface area contributed by atoms with E-state index in [1.54, 1.807) is 0 Å². The highest BCUT2D eigenvalue weighted by Gasteiger charge is 2.04. The van der Waals surface area contributed by atoms with E-state index in [1.807, 2.05) is 0 Å². The van der Waals surface area contributed by atoms with Gasteiger partial charge in [0.25, 0.3) is 0 Å². The monoisotopic (exact) mass is 423 g/mol. The molecular weight excluding hydrogens is 362 g/mol. The molecule has 1 heteroatoms. The molecule has 0 aromatic carbocycles. The second-order valence-corrected chi connectivity index (χ2v) is 9.91. The van der Waals surface area contributed by atoms with E-state index >= 15 is 0 Å². The second-order valence-electron chi connectivity index (χ2n) is 9.91. The van der Waals surface area contributed by atoms with Crippen molar-refractivity contribution in [3.63, 3.8) is 0 Å². The van der Waals surface area contributed by atoms with Crippen molar-refractivity contribution in [3.8, 4) is 0 Å². The second kappa shape index (κ2) is 27.0. The van der Waals surface area contributed by atoms with Crippen LogP contribution in [0.1, 0.15) is 168 Å². The maximum Gasteiger partial charge on any atom is -0.00187 e. The predicted molar refractivity (Wildman–Crippen MR) is 140 cm³/mol. The summed E-state index contributed by atoms with van der Waals surface area (Å²) in [6.07, 6.45) is 33.2. The van der Waals surface area contributed by atoms with Crippen LogP contribution in [0.15, 0.2) is 0 Å². The third kappa shape index (κ3) is 24.2. The van der Waals surface area contributed by atoms with Crippen LogP contribution in [0.5, 0.6) is 0 Å². The van der Waals surface area contributed by atoms with Crippen LogP contribution in [0.2, 0.25) is 0 Å². The van der Waals surface area contributed by atoms with Crippen molar-refractivity contribution in [2.24, 2.45) is 0 Å². The summed E-state index contributed by atoms with van der Waals surface area (Å²) in [4.78, 5) is 2.80. The lowest BCUT2D eigenvalue weighted by atomic mass is 10.1. The SMILES string of the molecule is CCCCCCCCCCCCN(CCCCC)CCCCCCCCCCCC. The van der Waals surface area contributed by atoms with Gasteiger partial charge in [-0.05, 0) is 38.9 Å². The molecule has 0 aromatic heterocycles. The maximum absolute atomic E-state index is 2.80. The van der Waals surface area contributed by atoms with Crippen LogP contribution in [0.4, 0.5) is 0 Å². The Morgan fingerprint density at radius 3 is 0.767 bits per heavy atom. The van der Waals surface area contributed by atoms with Gasteiger partial charge >= 0.3 is 0 Å². The molecule has 0 rings (SSSR count). The Kier molecular flexibility index (Phi) is 27.0. The Morgan fingerprint density at radius 2 is 0.467 bits per heavy atom. The molecule has 0 aliphatic carbocycles. The summed E-state index contributed by atoms with van der Waals surface area (Å²) < 4.78 is 0. The smallest absolute Gasteiger partial charge is 0.00187 e. The number of hydrogen-bond donors (Lipinski definition) is 0. The standard InChI is InChI=1S/C29H61N/c1-4-7-10-12-14-16-18-20-22-25-28-30(27-24-9-6-3)29-26-23-21-19-17-15-13-11-8-5-2/h4-29H2,1-3H3. The average molecular weight is 424 g/mol. The Bertz CT molecular complexity index is 264. The van der Waals surface area contributed by atoms with Crippen molar-refractivity contribution < 1.29 is 0 Å².